The van der Waals surface area contributed by atoms with E-state index in [9.17, 15) is 9.90 Å². The number of carboxylic acid groups (broad SMARTS) is 1. The number of likely N-dealkylation sites (tertiary alicyclic amines) is 1. The van der Waals surface area contributed by atoms with E-state index in [-0.39, 0.29) is 5.92 Å². The van der Waals surface area contributed by atoms with E-state index >= 15 is 0 Å². The Labute approximate surface area is 196 Å². The summed E-state index contributed by atoms with van der Waals surface area (Å²) >= 11 is 0. The molecule has 0 spiro atoms. The molecular formula is C25H28N6O3. The van der Waals surface area contributed by atoms with Crippen LogP contribution in [0.15, 0.2) is 42.6 Å². The van der Waals surface area contributed by atoms with Gasteiger partial charge in [-0.05, 0) is 38.1 Å². The smallest absolute Gasteiger partial charge is 0.306 e. The maximum atomic E-state index is 11.3. The first-order valence-electron chi connectivity index (χ1n) is 11.9. The van der Waals surface area contributed by atoms with E-state index in [0.29, 0.717) is 32.6 Å². The Morgan fingerprint density at radius 3 is 2.74 bits per heavy atom. The molecule has 0 amide bonds. The van der Waals surface area contributed by atoms with Gasteiger partial charge in [0.25, 0.3) is 0 Å². The largest absolute Gasteiger partial charge is 0.481 e. The summed E-state index contributed by atoms with van der Waals surface area (Å²) in [6.45, 7) is 5.25. The summed E-state index contributed by atoms with van der Waals surface area (Å²) in [6, 6.07) is 12.5. The van der Waals surface area contributed by atoms with Gasteiger partial charge in [-0.2, -0.15) is 9.61 Å². The van der Waals surface area contributed by atoms with Crippen LogP contribution in [-0.2, 0) is 16.1 Å². The number of ether oxygens (including phenoxy) is 1. The van der Waals surface area contributed by atoms with E-state index in [0.717, 1.165) is 65.5 Å². The number of aromatic nitrogens is 4. The molecular weight excluding hydrogens is 432 g/mol. The third-order valence-corrected chi connectivity index (χ3v) is 6.99. The number of hydrogen-bond donors (Lipinski definition) is 2. The van der Waals surface area contributed by atoms with Crippen molar-refractivity contribution in [3.63, 3.8) is 0 Å². The number of aromatic amines is 1. The lowest BCUT2D eigenvalue weighted by Gasteiger charge is -2.29. The SMILES string of the molecule is O=C(O)C1CCN(Cc2cc3nc(-c4cccc5[nH]ccc45)cc(N4CCOCC4)n3n2)CC1. The molecule has 0 bridgehead atoms. The van der Waals surface area contributed by atoms with Gasteiger partial charge in [-0.3, -0.25) is 9.69 Å². The predicted molar refractivity (Wildman–Crippen MR) is 129 cm³/mol. The molecule has 9 heteroatoms. The van der Waals surface area contributed by atoms with Gasteiger partial charge in [0.1, 0.15) is 5.82 Å². The fourth-order valence-electron chi connectivity index (χ4n) is 5.11. The van der Waals surface area contributed by atoms with Crippen molar-refractivity contribution in [3.05, 3.63) is 48.3 Å². The van der Waals surface area contributed by atoms with Gasteiger partial charge in [0.2, 0.25) is 0 Å². The first kappa shape index (κ1) is 21.1. The Hall–Kier alpha value is -3.43. The van der Waals surface area contributed by atoms with Crippen LogP contribution in [0.3, 0.4) is 0 Å². The molecule has 1 aromatic carbocycles. The van der Waals surface area contributed by atoms with E-state index < -0.39 is 5.97 Å². The Kier molecular flexibility index (Phi) is 5.43. The van der Waals surface area contributed by atoms with Crippen LogP contribution in [-0.4, -0.2) is 75.0 Å². The molecule has 3 aromatic heterocycles. The molecule has 2 N–H and O–H groups in total. The molecule has 6 rings (SSSR count). The standard InChI is InChI=1S/C25H28N6O3/c32-25(33)17-5-8-29(9-6-17)16-18-14-23-27-22(19-2-1-3-21-20(19)4-7-26-21)15-24(31(23)28-18)30-10-12-34-13-11-30/h1-4,7,14-15,17,26H,5-6,8-13,16H2,(H,32,33). The Morgan fingerprint density at radius 2 is 1.94 bits per heavy atom. The molecule has 4 aromatic rings. The number of piperidine rings is 1. The van der Waals surface area contributed by atoms with E-state index in [4.69, 9.17) is 14.8 Å². The topological polar surface area (TPSA) is 99.0 Å². The van der Waals surface area contributed by atoms with Crippen LogP contribution in [0, 0.1) is 5.92 Å². The van der Waals surface area contributed by atoms with Crippen molar-refractivity contribution in [2.45, 2.75) is 19.4 Å². The third kappa shape index (κ3) is 3.91. The average Bonchev–Trinajstić information content (AvgIpc) is 3.50. The maximum Gasteiger partial charge on any atom is 0.306 e. The first-order valence-corrected chi connectivity index (χ1v) is 11.9. The minimum absolute atomic E-state index is 0.231. The second kappa shape index (κ2) is 8.73. The minimum atomic E-state index is -0.684. The van der Waals surface area contributed by atoms with Crippen molar-refractivity contribution >= 4 is 28.3 Å². The lowest BCUT2D eigenvalue weighted by atomic mass is 9.97. The van der Waals surface area contributed by atoms with Crippen LogP contribution < -0.4 is 4.90 Å². The summed E-state index contributed by atoms with van der Waals surface area (Å²) in [7, 11) is 0. The van der Waals surface area contributed by atoms with Crippen LogP contribution in [0.4, 0.5) is 5.82 Å². The Morgan fingerprint density at radius 1 is 1.12 bits per heavy atom. The van der Waals surface area contributed by atoms with Crippen LogP contribution in [0.5, 0.6) is 0 Å². The molecule has 5 heterocycles. The summed E-state index contributed by atoms with van der Waals surface area (Å²) in [5.74, 6) is 0.106. The number of H-pyrrole nitrogens is 1. The van der Waals surface area contributed by atoms with Crippen molar-refractivity contribution in [1.29, 1.82) is 0 Å². The highest BCUT2D eigenvalue weighted by atomic mass is 16.5. The first-order chi connectivity index (χ1) is 16.7. The van der Waals surface area contributed by atoms with E-state index in [2.05, 4.69) is 51.2 Å². The molecule has 176 valence electrons. The number of nitrogens with one attached hydrogen (secondary N) is 1. The quantitative estimate of drug-likeness (QED) is 0.472. The van der Waals surface area contributed by atoms with Gasteiger partial charge in [0.05, 0.1) is 30.5 Å². The number of anilines is 1. The van der Waals surface area contributed by atoms with Gasteiger partial charge in [-0.1, -0.05) is 12.1 Å². The number of nitrogens with zero attached hydrogens (tertiary/aromatic N) is 5. The molecule has 0 unspecified atom stereocenters. The van der Waals surface area contributed by atoms with Gasteiger partial charge in [-0.25, -0.2) is 4.98 Å². The fraction of sp³-hybridized carbons (Fsp3) is 0.400. The molecule has 2 saturated heterocycles. The third-order valence-electron chi connectivity index (χ3n) is 6.99. The van der Waals surface area contributed by atoms with Crippen molar-refractivity contribution in [1.82, 2.24) is 24.5 Å². The number of carboxylic acids is 1. The summed E-state index contributed by atoms with van der Waals surface area (Å²) in [5.41, 5.74) is 4.88. The zero-order valence-corrected chi connectivity index (χ0v) is 19.0. The highest BCUT2D eigenvalue weighted by Crippen LogP contribution is 2.31. The lowest BCUT2D eigenvalue weighted by molar-refractivity contribution is -0.143. The van der Waals surface area contributed by atoms with Gasteiger partial charge in [-0.15, -0.1) is 0 Å². The zero-order chi connectivity index (χ0) is 23.1. The Bertz CT molecular complexity index is 1330. The maximum absolute atomic E-state index is 11.3. The summed E-state index contributed by atoms with van der Waals surface area (Å²) in [4.78, 5) is 24.2. The highest BCUT2D eigenvalue weighted by molar-refractivity contribution is 5.94. The van der Waals surface area contributed by atoms with Crippen molar-refractivity contribution < 1.29 is 14.6 Å². The summed E-state index contributed by atoms with van der Waals surface area (Å²) in [5, 5.41) is 15.4. The molecule has 2 aliphatic rings. The fourth-order valence-corrected chi connectivity index (χ4v) is 5.11. The van der Waals surface area contributed by atoms with Crippen molar-refractivity contribution in [2.75, 3.05) is 44.3 Å². The molecule has 2 aliphatic heterocycles. The number of hydrogen-bond acceptors (Lipinski definition) is 6. The van der Waals surface area contributed by atoms with E-state index in [1.165, 1.54) is 0 Å². The molecule has 2 fully saturated rings. The van der Waals surface area contributed by atoms with E-state index in [1.54, 1.807) is 0 Å². The van der Waals surface area contributed by atoms with Crippen molar-refractivity contribution in [3.8, 4) is 11.3 Å². The molecule has 0 radical (unpaired) electrons. The van der Waals surface area contributed by atoms with E-state index in [1.807, 2.05) is 10.7 Å². The van der Waals surface area contributed by atoms with Crippen molar-refractivity contribution in [2.24, 2.45) is 5.92 Å². The second-order valence-corrected chi connectivity index (χ2v) is 9.14. The number of aliphatic carboxylic acids is 1. The molecule has 34 heavy (non-hydrogen) atoms. The Balaban J connectivity index is 1.37. The zero-order valence-electron chi connectivity index (χ0n) is 19.0. The second-order valence-electron chi connectivity index (χ2n) is 9.14. The number of rotatable bonds is 5. The summed E-state index contributed by atoms with van der Waals surface area (Å²) in [6.07, 6.45) is 3.33. The van der Waals surface area contributed by atoms with Gasteiger partial charge in [0, 0.05) is 54.4 Å². The minimum Gasteiger partial charge on any atom is -0.481 e. The lowest BCUT2D eigenvalue weighted by Crippen LogP contribution is -2.37. The van der Waals surface area contributed by atoms with Gasteiger partial charge < -0.3 is 19.7 Å². The number of fused-ring (bicyclic) bond motifs is 2. The van der Waals surface area contributed by atoms with Crippen LogP contribution in [0.2, 0.25) is 0 Å². The molecule has 0 saturated carbocycles. The van der Waals surface area contributed by atoms with Gasteiger partial charge >= 0.3 is 5.97 Å². The monoisotopic (exact) mass is 460 g/mol. The predicted octanol–water partition coefficient (Wildman–Crippen LogP) is 3.01. The summed E-state index contributed by atoms with van der Waals surface area (Å²) < 4.78 is 7.54. The normalized spacial score (nSPS) is 18.2. The molecule has 0 aliphatic carbocycles. The van der Waals surface area contributed by atoms with Crippen LogP contribution in [0.1, 0.15) is 18.5 Å². The number of carbonyl (C=O) groups is 1. The average molecular weight is 461 g/mol. The molecule has 9 nitrogen and oxygen atoms in total. The number of benzene rings is 1. The number of morpholine rings is 1. The molecule has 0 atom stereocenters. The highest BCUT2D eigenvalue weighted by Gasteiger charge is 2.25. The van der Waals surface area contributed by atoms with Crippen LogP contribution in [0.25, 0.3) is 27.8 Å². The van der Waals surface area contributed by atoms with Crippen LogP contribution >= 0.6 is 0 Å². The van der Waals surface area contributed by atoms with Gasteiger partial charge in [0.15, 0.2) is 5.65 Å².